The van der Waals surface area contributed by atoms with E-state index in [4.69, 9.17) is 0 Å². The van der Waals surface area contributed by atoms with Gasteiger partial charge in [0.15, 0.2) is 5.82 Å². The van der Waals surface area contributed by atoms with E-state index >= 15 is 0 Å². The Bertz CT molecular complexity index is 377. The molecule has 0 amide bonds. The minimum absolute atomic E-state index is 0.124. The van der Waals surface area contributed by atoms with Crippen molar-refractivity contribution in [3.63, 3.8) is 0 Å². The van der Waals surface area contributed by atoms with Crippen LogP contribution in [0.4, 0.5) is 0 Å². The highest BCUT2D eigenvalue weighted by molar-refractivity contribution is 6.00. The molecule has 1 fully saturated rings. The first kappa shape index (κ1) is 11.3. The average Bonchev–Trinajstić information content (AvgIpc) is 2.77. The Kier molecular flexibility index (Phi) is 3.10. The number of nitrogens with zero attached hydrogens (tertiary/aromatic N) is 2. The van der Waals surface area contributed by atoms with Gasteiger partial charge in [-0.1, -0.05) is 0 Å². The Morgan fingerprint density at radius 2 is 2.44 bits per heavy atom. The molecule has 1 unspecified atom stereocenters. The van der Waals surface area contributed by atoms with Crippen molar-refractivity contribution < 1.29 is 4.79 Å². The van der Waals surface area contributed by atoms with Gasteiger partial charge in [-0.05, 0) is 39.7 Å². The summed E-state index contributed by atoms with van der Waals surface area (Å²) in [6.07, 6.45) is 6.73. The van der Waals surface area contributed by atoms with Crippen LogP contribution < -0.4 is 5.32 Å². The van der Waals surface area contributed by atoms with Crippen molar-refractivity contribution in [3.05, 3.63) is 18.2 Å². The first-order chi connectivity index (χ1) is 7.67. The molecule has 0 aliphatic carbocycles. The number of Topliss-reactive ketones (excluding diaryl/α,β-unsaturated/α-hetero) is 1. The van der Waals surface area contributed by atoms with Crippen LogP contribution in [0.3, 0.4) is 0 Å². The highest BCUT2D eigenvalue weighted by Crippen LogP contribution is 2.22. The smallest absolute Gasteiger partial charge is 0.217 e. The first-order valence-electron chi connectivity index (χ1n) is 5.98. The molecular weight excluding hydrogens is 202 g/mol. The van der Waals surface area contributed by atoms with Crippen LogP contribution in [0.25, 0.3) is 0 Å². The molecule has 1 aliphatic heterocycles. The topological polar surface area (TPSA) is 46.9 Å². The second-order valence-corrected chi connectivity index (χ2v) is 4.58. The maximum atomic E-state index is 12.4. The molecule has 0 spiro atoms. The predicted molar refractivity (Wildman–Crippen MR) is 62.5 cm³/mol. The molecule has 2 rings (SSSR count). The number of rotatable bonds is 3. The van der Waals surface area contributed by atoms with Crippen LogP contribution >= 0.6 is 0 Å². The summed E-state index contributed by atoms with van der Waals surface area (Å²) >= 11 is 0. The predicted octanol–water partition coefficient (Wildman–Crippen LogP) is 1.62. The number of aryl methyl sites for hydroxylation is 1. The minimum Gasteiger partial charge on any atom is -0.329 e. The zero-order chi connectivity index (χ0) is 11.6. The van der Waals surface area contributed by atoms with Gasteiger partial charge in [0.25, 0.3) is 0 Å². The fourth-order valence-electron chi connectivity index (χ4n) is 2.27. The maximum absolute atomic E-state index is 12.4. The molecule has 88 valence electrons. The molecule has 0 radical (unpaired) electrons. The summed E-state index contributed by atoms with van der Waals surface area (Å²) in [5, 5.41) is 3.33. The van der Waals surface area contributed by atoms with E-state index in [-0.39, 0.29) is 5.78 Å². The average molecular weight is 221 g/mol. The van der Waals surface area contributed by atoms with E-state index in [0.29, 0.717) is 5.82 Å². The second kappa shape index (κ2) is 4.37. The van der Waals surface area contributed by atoms with Crippen LogP contribution in [-0.4, -0.2) is 27.4 Å². The standard InChI is InChI=1S/C12H19N3O/c1-3-15-9-8-13-11(15)10(16)12(2)6-4-5-7-14-12/h8-9,14H,3-7H2,1-2H3. The number of nitrogens with one attached hydrogen (secondary N) is 1. The van der Waals surface area contributed by atoms with Crippen LogP contribution in [0.2, 0.25) is 0 Å². The quantitative estimate of drug-likeness (QED) is 0.789. The highest BCUT2D eigenvalue weighted by atomic mass is 16.1. The highest BCUT2D eigenvalue weighted by Gasteiger charge is 2.36. The summed E-state index contributed by atoms with van der Waals surface area (Å²) in [5.74, 6) is 0.707. The van der Waals surface area contributed by atoms with Crippen molar-refractivity contribution in [2.45, 2.75) is 45.2 Å². The van der Waals surface area contributed by atoms with Gasteiger partial charge < -0.3 is 9.88 Å². The lowest BCUT2D eigenvalue weighted by atomic mass is 9.86. The number of ketones is 1. The van der Waals surface area contributed by atoms with Crippen LogP contribution in [-0.2, 0) is 6.54 Å². The van der Waals surface area contributed by atoms with E-state index in [9.17, 15) is 4.79 Å². The summed E-state index contributed by atoms with van der Waals surface area (Å²) in [5.41, 5.74) is -0.420. The lowest BCUT2D eigenvalue weighted by Crippen LogP contribution is -2.52. The zero-order valence-electron chi connectivity index (χ0n) is 9.99. The largest absolute Gasteiger partial charge is 0.329 e. The van der Waals surface area contributed by atoms with Gasteiger partial charge >= 0.3 is 0 Å². The number of piperidine rings is 1. The Labute approximate surface area is 96.1 Å². The number of hydrogen-bond acceptors (Lipinski definition) is 3. The molecular formula is C12H19N3O. The lowest BCUT2D eigenvalue weighted by Gasteiger charge is -2.33. The third-order valence-electron chi connectivity index (χ3n) is 3.38. The van der Waals surface area contributed by atoms with E-state index in [1.54, 1.807) is 6.20 Å². The molecule has 0 aromatic carbocycles. The summed E-state index contributed by atoms with van der Waals surface area (Å²) in [7, 11) is 0. The van der Waals surface area contributed by atoms with Gasteiger partial charge in [-0.15, -0.1) is 0 Å². The van der Waals surface area contributed by atoms with Gasteiger partial charge in [0, 0.05) is 18.9 Å². The lowest BCUT2D eigenvalue weighted by molar-refractivity contribution is 0.0819. The van der Waals surface area contributed by atoms with Crippen molar-refractivity contribution in [1.82, 2.24) is 14.9 Å². The van der Waals surface area contributed by atoms with Crippen molar-refractivity contribution in [3.8, 4) is 0 Å². The van der Waals surface area contributed by atoms with Gasteiger partial charge in [0.2, 0.25) is 5.78 Å². The molecule has 4 nitrogen and oxygen atoms in total. The molecule has 1 aromatic rings. The van der Waals surface area contributed by atoms with Crippen molar-refractivity contribution >= 4 is 5.78 Å². The molecule has 1 aliphatic rings. The monoisotopic (exact) mass is 221 g/mol. The van der Waals surface area contributed by atoms with Crippen molar-refractivity contribution in [1.29, 1.82) is 0 Å². The molecule has 2 heterocycles. The van der Waals surface area contributed by atoms with Crippen LogP contribution in [0.1, 0.15) is 43.7 Å². The van der Waals surface area contributed by atoms with E-state index in [1.165, 1.54) is 0 Å². The van der Waals surface area contributed by atoms with Crippen LogP contribution in [0.5, 0.6) is 0 Å². The van der Waals surface area contributed by atoms with E-state index < -0.39 is 5.54 Å². The van der Waals surface area contributed by atoms with Gasteiger partial charge in [0.05, 0.1) is 5.54 Å². The van der Waals surface area contributed by atoms with Gasteiger partial charge in [-0.3, -0.25) is 4.79 Å². The molecule has 16 heavy (non-hydrogen) atoms. The van der Waals surface area contributed by atoms with Gasteiger partial charge in [-0.2, -0.15) is 0 Å². The number of carbonyl (C=O) groups is 1. The third kappa shape index (κ3) is 1.89. The molecule has 1 atom stereocenters. The minimum atomic E-state index is -0.420. The Hall–Kier alpha value is -1.16. The number of aromatic nitrogens is 2. The fraction of sp³-hybridized carbons (Fsp3) is 0.667. The summed E-state index contributed by atoms with van der Waals surface area (Å²) in [6.45, 7) is 5.73. The second-order valence-electron chi connectivity index (χ2n) is 4.58. The molecule has 1 saturated heterocycles. The molecule has 1 aromatic heterocycles. The SMILES string of the molecule is CCn1ccnc1C(=O)C1(C)CCCCN1. The first-order valence-corrected chi connectivity index (χ1v) is 5.98. The molecule has 1 N–H and O–H groups in total. The third-order valence-corrected chi connectivity index (χ3v) is 3.38. The number of hydrogen-bond donors (Lipinski definition) is 1. The Balaban J connectivity index is 2.24. The molecule has 0 saturated carbocycles. The molecule has 0 bridgehead atoms. The zero-order valence-corrected chi connectivity index (χ0v) is 9.99. The normalized spacial score (nSPS) is 25.6. The Morgan fingerprint density at radius 3 is 3.06 bits per heavy atom. The van der Waals surface area contributed by atoms with Gasteiger partial charge in [0.1, 0.15) is 0 Å². The van der Waals surface area contributed by atoms with E-state index in [1.807, 2.05) is 24.6 Å². The summed E-state index contributed by atoms with van der Waals surface area (Å²) in [6, 6.07) is 0. The van der Waals surface area contributed by atoms with Crippen molar-refractivity contribution in [2.24, 2.45) is 0 Å². The Morgan fingerprint density at radius 1 is 1.62 bits per heavy atom. The number of imidazole rings is 1. The number of carbonyl (C=O) groups excluding carboxylic acids is 1. The molecule has 4 heteroatoms. The van der Waals surface area contributed by atoms with Crippen molar-refractivity contribution in [2.75, 3.05) is 6.54 Å². The van der Waals surface area contributed by atoms with Crippen LogP contribution in [0.15, 0.2) is 12.4 Å². The van der Waals surface area contributed by atoms with E-state index in [2.05, 4.69) is 10.3 Å². The fourth-order valence-corrected chi connectivity index (χ4v) is 2.27. The summed E-state index contributed by atoms with van der Waals surface area (Å²) in [4.78, 5) is 16.6. The maximum Gasteiger partial charge on any atom is 0.217 e. The van der Waals surface area contributed by atoms with E-state index in [0.717, 1.165) is 32.4 Å². The van der Waals surface area contributed by atoms with Crippen LogP contribution in [0, 0.1) is 0 Å². The summed E-state index contributed by atoms with van der Waals surface area (Å²) < 4.78 is 1.91. The van der Waals surface area contributed by atoms with Gasteiger partial charge in [-0.25, -0.2) is 4.98 Å².